The Morgan fingerprint density at radius 1 is 1.37 bits per heavy atom. The topological polar surface area (TPSA) is 99.3 Å². The third-order valence-electron chi connectivity index (χ3n) is 4.03. The molecule has 1 heterocycles. The van der Waals surface area contributed by atoms with Crippen molar-refractivity contribution in [1.82, 2.24) is 15.1 Å². The van der Waals surface area contributed by atoms with Gasteiger partial charge in [-0.25, -0.2) is 0 Å². The Morgan fingerprint density at radius 2 is 2.11 bits per heavy atom. The Balaban J connectivity index is 2.04. The second kappa shape index (κ2) is 9.70. The number of nitrogens with one attached hydrogen (secondary N) is 1. The lowest BCUT2D eigenvalue weighted by Gasteiger charge is -2.23. The first kappa shape index (κ1) is 20.4. The number of nitro groups is 1. The molecule has 2 aromatic rings. The molecule has 1 amide bonds. The molecule has 1 N–H and O–H groups in total. The first-order chi connectivity index (χ1) is 12.9. The number of carbonyl (C=O) groups excluding carboxylic acids is 1. The monoisotopic (exact) mass is 374 g/mol. The van der Waals surface area contributed by atoms with E-state index in [4.69, 9.17) is 4.74 Å². The highest BCUT2D eigenvalue weighted by Crippen LogP contribution is 2.29. The van der Waals surface area contributed by atoms with Crippen LogP contribution in [0.1, 0.15) is 45.2 Å². The molecule has 8 heteroatoms. The molecule has 0 bridgehead atoms. The summed E-state index contributed by atoms with van der Waals surface area (Å²) in [4.78, 5) is 22.7. The van der Waals surface area contributed by atoms with Crippen molar-refractivity contribution in [3.05, 3.63) is 52.3 Å². The summed E-state index contributed by atoms with van der Waals surface area (Å²) in [7, 11) is 0. The minimum atomic E-state index is -0.507. The summed E-state index contributed by atoms with van der Waals surface area (Å²) in [5, 5.41) is 17.7. The van der Waals surface area contributed by atoms with Gasteiger partial charge >= 0.3 is 5.69 Å². The number of benzene rings is 1. The molecule has 1 atom stereocenters. The van der Waals surface area contributed by atoms with Gasteiger partial charge in [0.15, 0.2) is 0 Å². The van der Waals surface area contributed by atoms with E-state index in [0.717, 1.165) is 17.7 Å². The quantitative estimate of drug-likeness (QED) is 0.507. The van der Waals surface area contributed by atoms with Gasteiger partial charge in [-0.1, -0.05) is 32.0 Å². The molecule has 0 fully saturated rings. The van der Waals surface area contributed by atoms with Gasteiger partial charge in [-0.15, -0.1) is 0 Å². The van der Waals surface area contributed by atoms with Crippen molar-refractivity contribution < 1.29 is 14.5 Å². The average Bonchev–Trinajstić information content (AvgIpc) is 3.09. The van der Waals surface area contributed by atoms with Gasteiger partial charge in [0, 0.05) is 18.5 Å². The van der Waals surface area contributed by atoms with Crippen LogP contribution in [-0.4, -0.2) is 27.2 Å². The number of aryl methyl sites for hydroxylation is 1. The van der Waals surface area contributed by atoms with Gasteiger partial charge < -0.3 is 10.1 Å². The van der Waals surface area contributed by atoms with E-state index in [1.54, 1.807) is 0 Å². The van der Waals surface area contributed by atoms with E-state index in [1.807, 2.05) is 31.2 Å². The van der Waals surface area contributed by atoms with E-state index in [-0.39, 0.29) is 30.6 Å². The highest BCUT2D eigenvalue weighted by atomic mass is 16.6. The smallest absolute Gasteiger partial charge is 0.306 e. The molecule has 0 unspecified atom stereocenters. The SMILES string of the molecule is CCOc1ccccc1[C@@H](CC(C)C)NC(=O)CCn1cc([N+](=O)[O-])cn1. The first-order valence-electron chi connectivity index (χ1n) is 9.08. The number of nitrogens with zero attached hydrogens (tertiary/aromatic N) is 3. The van der Waals surface area contributed by atoms with Crippen LogP contribution in [0.25, 0.3) is 0 Å². The van der Waals surface area contributed by atoms with E-state index < -0.39 is 4.92 Å². The molecule has 0 spiro atoms. The maximum absolute atomic E-state index is 12.5. The lowest BCUT2D eigenvalue weighted by atomic mass is 9.96. The van der Waals surface area contributed by atoms with Crippen molar-refractivity contribution in [3.8, 4) is 5.75 Å². The van der Waals surface area contributed by atoms with Gasteiger partial charge in [-0.05, 0) is 25.3 Å². The molecular weight excluding hydrogens is 348 g/mol. The fourth-order valence-corrected chi connectivity index (χ4v) is 2.84. The summed E-state index contributed by atoms with van der Waals surface area (Å²) >= 11 is 0. The Labute approximate surface area is 158 Å². The zero-order chi connectivity index (χ0) is 19.8. The number of amides is 1. The number of aromatic nitrogens is 2. The van der Waals surface area contributed by atoms with Gasteiger partial charge in [-0.2, -0.15) is 5.10 Å². The first-order valence-corrected chi connectivity index (χ1v) is 9.08. The predicted molar refractivity (Wildman–Crippen MR) is 101 cm³/mol. The summed E-state index contributed by atoms with van der Waals surface area (Å²) in [6, 6.07) is 7.55. The minimum absolute atomic E-state index is 0.0845. The van der Waals surface area contributed by atoms with Crippen LogP contribution in [0.15, 0.2) is 36.7 Å². The van der Waals surface area contributed by atoms with Crippen molar-refractivity contribution in [2.24, 2.45) is 5.92 Å². The highest BCUT2D eigenvalue weighted by molar-refractivity contribution is 5.76. The molecular formula is C19H26N4O4. The average molecular weight is 374 g/mol. The molecule has 2 rings (SSSR count). The van der Waals surface area contributed by atoms with E-state index in [9.17, 15) is 14.9 Å². The standard InChI is InChI=1S/C19H26N4O4/c1-4-27-18-8-6-5-7-16(18)17(11-14(2)3)21-19(24)9-10-22-13-15(12-20-22)23(25)26/h5-8,12-14,17H,4,9-11H2,1-3H3,(H,21,24)/t17-/m1/s1. The zero-order valence-corrected chi connectivity index (χ0v) is 15.9. The maximum atomic E-state index is 12.5. The number of para-hydroxylation sites is 1. The number of hydrogen-bond donors (Lipinski definition) is 1. The molecule has 8 nitrogen and oxygen atoms in total. The van der Waals surface area contributed by atoms with Crippen LogP contribution in [0.5, 0.6) is 5.75 Å². The van der Waals surface area contributed by atoms with Crippen LogP contribution >= 0.6 is 0 Å². The van der Waals surface area contributed by atoms with Gasteiger partial charge in [0.1, 0.15) is 18.1 Å². The number of carbonyl (C=O) groups is 1. The third-order valence-corrected chi connectivity index (χ3v) is 4.03. The van der Waals surface area contributed by atoms with Crippen LogP contribution < -0.4 is 10.1 Å². The molecule has 0 saturated heterocycles. The Morgan fingerprint density at radius 3 is 2.74 bits per heavy atom. The molecule has 0 saturated carbocycles. The highest BCUT2D eigenvalue weighted by Gasteiger charge is 2.20. The minimum Gasteiger partial charge on any atom is -0.494 e. The normalized spacial score (nSPS) is 12.0. The van der Waals surface area contributed by atoms with Crippen molar-refractivity contribution >= 4 is 11.6 Å². The number of hydrogen-bond acceptors (Lipinski definition) is 5. The van der Waals surface area contributed by atoms with Gasteiger partial charge in [-0.3, -0.25) is 19.6 Å². The van der Waals surface area contributed by atoms with Crippen LogP contribution in [0.2, 0.25) is 0 Å². The Bertz CT molecular complexity index is 773. The van der Waals surface area contributed by atoms with E-state index in [2.05, 4.69) is 24.3 Å². The number of rotatable bonds is 10. The largest absolute Gasteiger partial charge is 0.494 e. The van der Waals surface area contributed by atoms with Crippen LogP contribution in [0.3, 0.4) is 0 Å². The van der Waals surface area contributed by atoms with E-state index in [0.29, 0.717) is 12.5 Å². The summed E-state index contributed by atoms with van der Waals surface area (Å²) in [6.45, 7) is 6.96. The molecule has 0 aliphatic heterocycles. The van der Waals surface area contributed by atoms with Gasteiger partial charge in [0.25, 0.3) is 0 Å². The predicted octanol–water partition coefficient (Wildman–Crippen LogP) is 3.48. The van der Waals surface area contributed by atoms with Crippen molar-refractivity contribution in [1.29, 1.82) is 0 Å². The second-order valence-electron chi connectivity index (χ2n) is 6.69. The molecule has 146 valence electrons. The van der Waals surface area contributed by atoms with E-state index in [1.165, 1.54) is 17.1 Å². The zero-order valence-electron chi connectivity index (χ0n) is 15.9. The third kappa shape index (κ3) is 6.09. The Kier molecular flexibility index (Phi) is 7.34. The molecule has 0 radical (unpaired) electrons. The fourth-order valence-electron chi connectivity index (χ4n) is 2.84. The van der Waals surface area contributed by atoms with E-state index >= 15 is 0 Å². The van der Waals surface area contributed by atoms with Gasteiger partial charge in [0.05, 0.1) is 17.6 Å². The summed E-state index contributed by atoms with van der Waals surface area (Å²) in [5.41, 5.74) is 0.870. The molecule has 1 aromatic heterocycles. The summed E-state index contributed by atoms with van der Waals surface area (Å²) in [5.74, 6) is 1.03. The lowest BCUT2D eigenvalue weighted by molar-refractivity contribution is -0.385. The van der Waals surface area contributed by atoms with Crippen molar-refractivity contribution in [2.45, 2.75) is 46.2 Å². The lowest BCUT2D eigenvalue weighted by Crippen LogP contribution is -2.30. The maximum Gasteiger partial charge on any atom is 0.306 e. The molecule has 0 aliphatic rings. The molecule has 27 heavy (non-hydrogen) atoms. The fraction of sp³-hybridized carbons (Fsp3) is 0.474. The molecule has 0 aliphatic carbocycles. The summed E-state index contributed by atoms with van der Waals surface area (Å²) in [6.07, 6.45) is 3.47. The van der Waals surface area contributed by atoms with Crippen LogP contribution in [0, 0.1) is 16.0 Å². The second-order valence-corrected chi connectivity index (χ2v) is 6.69. The van der Waals surface area contributed by atoms with Crippen molar-refractivity contribution in [3.63, 3.8) is 0 Å². The van der Waals surface area contributed by atoms with Crippen molar-refractivity contribution in [2.75, 3.05) is 6.61 Å². The molecule has 1 aromatic carbocycles. The van der Waals surface area contributed by atoms with Gasteiger partial charge in [0.2, 0.25) is 5.91 Å². The number of ether oxygens (including phenoxy) is 1. The van der Waals surface area contributed by atoms with Crippen LogP contribution in [-0.2, 0) is 11.3 Å². The Hall–Kier alpha value is -2.90. The summed E-state index contributed by atoms with van der Waals surface area (Å²) < 4.78 is 7.11. The van der Waals surface area contributed by atoms with Crippen LogP contribution in [0.4, 0.5) is 5.69 Å².